The first-order chi connectivity index (χ1) is 20.5. The smallest absolute Gasteiger partial charge is 0.326 e. The second-order valence-electron chi connectivity index (χ2n) is 10.7. The van der Waals surface area contributed by atoms with Crippen LogP contribution < -0.4 is 10.1 Å². The predicted molar refractivity (Wildman–Crippen MR) is 153 cm³/mol. The van der Waals surface area contributed by atoms with E-state index in [4.69, 9.17) is 9.47 Å². The lowest BCUT2D eigenvalue weighted by molar-refractivity contribution is -0.154. The largest absolute Gasteiger partial charge is 0.457 e. The third-order valence-corrected chi connectivity index (χ3v) is 8.31. The number of amides is 3. The Bertz CT molecular complexity index is 1600. The van der Waals surface area contributed by atoms with E-state index in [-0.39, 0.29) is 23.7 Å². The van der Waals surface area contributed by atoms with E-state index >= 15 is 0 Å². The van der Waals surface area contributed by atoms with Gasteiger partial charge in [0, 0.05) is 17.5 Å². The van der Waals surface area contributed by atoms with E-state index in [2.05, 4.69) is 5.32 Å². The molecule has 1 aliphatic heterocycles. The summed E-state index contributed by atoms with van der Waals surface area (Å²) in [5.41, 5.74) is 4.74. The summed E-state index contributed by atoms with van der Waals surface area (Å²) >= 11 is 0. The summed E-state index contributed by atoms with van der Waals surface area (Å²) in [4.78, 5) is 53.4. The number of likely N-dealkylation sites (tertiary alicyclic amines) is 1. The first-order valence-corrected chi connectivity index (χ1v) is 13.8. The van der Waals surface area contributed by atoms with Gasteiger partial charge in [-0.05, 0) is 58.7 Å². The number of benzene rings is 4. The minimum Gasteiger partial charge on any atom is -0.457 e. The zero-order valence-electron chi connectivity index (χ0n) is 22.4. The van der Waals surface area contributed by atoms with Crippen LogP contribution in [-0.2, 0) is 23.9 Å². The lowest BCUT2D eigenvalue weighted by Crippen LogP contribution is -2.41. The summed E-state index contributed by atoms with van der Waals surface area (Å²) in [7, 11) is 0. The van der Waals surface area contributed by atoms with Crippen molar-refractivity contribution < 1.29 is 28.7 Å². The Morgan fingerprint density at radius 3 is 1.64 bits per heavy atom. The number of hydrogen-bond donors (Lipinski definition) is 1. The fourth-order valence-electron chi connectivity index (χ4n) is 6.64. The minimum atomic E-state index is -0.820. The van der Waals surface area contributed by atoms with Crippen molar-refractivity contribution in [3.05, 3.63) is 125 Å². The van der Waals surface area contributed by atoms with Gasteiger partial charge in [0.2, 0.25) is 11.8 Å². The molecule has 8 rings (SSSR count). The molecule has 0 saturated carbocycles. The van der Waals surface area contributed by atoms with Gasteiger partial charge in [-0.25, -0.2) is 0 Å². The molecule has 0 unspecified atom stereocenters. The Balaban J connectivity index is 0.986. The van der Waals surface area contributed by atoms with Gasteiger partial charge in [0.25, 0.3) is 5.91 Å². The average molecular weight is 559 g/mol. The number of para-hydroxylation sites is 1. The van der Waals surface area contributed by atoms with Crippen LogP contribution in [0.1, 0.15) is 34.1 Å². The Labute approximate surface area is 241 Å². The molecule has 0 radical (unpaired) electrons. The SMILES string of the molecule is O=C(COC(=O)CN1C(=O)[C@@H]2C3c4ccccc4C(c4ccccc43)[C@H]2C1=O)Nc1ccc(Oc2ccccc2)cc1. The topological polar surface area (TPSA) is 102 Å². The molecule has 1 fully saturated rings. The normalized spacial score (nSPS) is 21.3. The summed E-state index contributed by atoms with van der Waals surface area (Å²) in [6.45, 7) is -1.08. The number of anilines is 1. The second kappa shape index (κ2) is 10.3. The fraction of sp³-hybridized carbons (Fsp3) is 0.176. The van der Waals surface area contributed by atoms with Crippen molar-refractivity contribution in [3.63, 3.8) is 0 Å². The summed E-state index contributed by atoms with van der Waals surface area (Å²) in [6.07, 6.45) is 0. The molecular formula is C34H26N2O6. The number of imide groups is 1. The van der Waals surface area contributed by atoms with Crippen LogP contribution >= 0.6 is 0 Å². The van der Waals surface area contributed by atoms with E-state index in [0.29, 0.717) is 17.2 Å². The zero-order chi connectivity index (χ0) is 28.8. The van der Waals surface area contributed by atoms with Gasteiger partial charge in [0.15, 0.2) is 6.61 Å². The molecule has 4 aromatic carbocycles. The van der Waals surface area contributed by atoms with Crippen LogP contribution in [0, 0.1) is 11.8 Å². The van der Waals surface area contributed by atoms with Crippen LogP contribution in [0.5, 0.6) is 11.5 Å². The standard InChI is InChI=1S/C34H26N2O6/c37-27(35-20-14-16-22(17-15-20)42-21-8-2-1-3-9-21)19-41-28(38)18-36-33(39)31-29-23-10-4-5-11-24(23)30(32(31)34(36)40)26-13-7-6-12-25(26)29/h1-17,29-32H,18-19H2,(H,35,37)/t29?,30?,31-,32-/m1/s1. The van der Waals surface area contributed by atoms with Gasteiger partial charge in [-0.15, -0.1) is 0 Å². The monoisotopic (exact) mass is 558 g/mol. The van der Waals surface area contributed by atoms with Gasteiger partial charge in [-0.3, -0.25) is 24.1 Å². The van der Waals surface area contributed by atoms with Crippen molar-refractivity contribution in [3.8, 4) is 11.5 Å². The maximum atomic E-state index is 13.6. The first-order valence-electron chi connectivity index (χ1n) is 13.8. The van der Waals surface area contributed by atoms with Crippen LogP contribution in [0.3, 0.4) is 0 Å². The number of carbonyl (C=O) groups excluding carboxylic acids is 4. The molecule has 8 nitrogen and oxygen atoms in total. The molecule has 3 aliphatic carbocycles. The summed E-state index contributed by atoms with van der Waals surface area (Å²) < 4.78 is 10.9. The number of nitrogens with one attached hydrogen (secondary N) is 1. The van der Waals surface area contributed by atoms with Gasteiger partial charge >= 0.3 is 5.97 Å². The Kier molecular flexibility index (Phi) is 6.31. The van der Waals surface area contributed by atoms with Gasteiger partial charge in [0.05, 0.1) is 11.8 Å². The molecule has 1 heterocycles. The molecule has 208 valence electrons. The number of nitrogens with zero attached hydrogens (tertiary/aromatic N) is 1. The van der Waals surface area contributed by atoms with Gasteiger partial charge in [-0.1, -0.05) is 66.7 Å². The summed E-state index contributed by atoms with van der Waals surface area (Å²) in [6, 6.07) is 32.0. The van der Waals surface area contributed by atoms with E-state index in [9.17, 15) is 19.2 Å². The van der Waals surface area contributed by atoms with Crippen LogP contribution in [0.25, 0.3) is 0 Å². The Hall–Kier alpha value is -5.24. The number of carbonyl (C=O) groups is 4. The van der Waals surface area contributed by atoms with Crippen molar-refractivity contribution in [2.24, 2.45) is 11.8 Å². The van der Waals surface area contributed by atoms with Gasteiger partial charge in [-0.2, -0.15) is 0 Å². The molecule has 4 aliphatic rings. The number of hydrogen-bond acceptors (Lipinski definition) is 6. The number of esters is 1. The number of rotatable bonds is 7. The highest BCUT2D eigenvalue weighted by molar-refractivity contribution is 6.09. The third-order valence-electron chi connectivity index (χ3n) is 8.31. The van der Waals surface area contributed by atoms with E-state index in [1.165, 1.54) is 0 Å². The van der Waals surface area contributed by atoms with Crippen molar-refractivity contribution in [1.29, 1.82) is 0 Å². The fourth-order valence-corrected chi connectivity index (χ4v) is 6.64. The van der Waals surface area contributed by atoms with Gasteiger partial charge < -0.3 is 14.8 Å². The quantitative estimate of drug-likeness (QED) is 0.257. The highest BCUT2D eigenvalue weighted by atomic mass is 16.5. The van der Waals surface area contributed by atoms with E-state index < -0.39 is 36.9 Å². The molecule has 1 saturated heterocycles. The molecule has 3 amide bonds. The molecule has 42 heavy (non-hydrogen) atoms. The zero-order valence-corrected chi connectivity index (χ0v) is 22.4. The van der Waals surface area contributed by atoms with Crippen molar-refractivity contribution in [2.75, 3.05) is 18.5 Å². The molecule has 2 bridgehead atoms. The maximum Gasteiger partial charge on any atom is 0.326 e. The molecule has 0 spiro atoms. The maximum absolute atomic E-state index is 13.6. The van der Waals surface area contributed by atoms with Crippen LogP contribution in [0.4, 0.5) is 5.69 Å². The lowest BCUT2D eigenvalue weighted by atomic mass is 9.55. The van der Waals surface area contributed by atoms with Gasteiger partial charge in [0.1, 0.15) is 18.0 Å². The Morgan fingerprint density at radius 2 is 1.12 bits per heavy atom. The highest BCUT2D eigenvalue weighted by Crippen LogP contribution is 2.60. The molecular weight excluding hydrogens is 532 g/mol. The first kappa shape index (κ1) is 25.7. The van der Waals surface area contributed by atoms with E-state index in [1.54, 1.807) is 24.3 Å². The van der Waals surface area contributed by atoms with Crippen molar-refractivity contribution in [2.45, 2.75) is 11.8 Å². The van der Waals surface area contributed by atoms with Crippen molar-refractivity contribution in [1.82, 2.24) is 4.90 Å². The average Bonchev–Trinajstić information content (AvgIpc) is 3.27. The molecule has 8 heteroatoms. The van der Waals surface area contributed by atoms with E-state index in [0.717, 1.165) is 27.2 Å². The third kappa shape index (κ3) is 4.32. The van der Waals surface area contributed by atoms with Crippen LogP contribution in [0.15, 0.2) is 103 Å². The highest BCUT2D eigenvalue weighted by Gasteiger charge is 2.61. The molecule has 1 N–H and O–H groups in total. The Morgan fingerprint density at radius 1 is 0.643 bits per heavy atom. The lowest BCUT2D eigenvalue weighted by Gasteiger charge is -2.45. The minimum absolute atomic E-state index is 0.250. The summed E-state index contributed by atoms with van der Waals surface area (Å²) in [5, 5.41) is 2.66. The molecule has 2 atom stereocenters. The van der Waals surface area contributed by atoms with Crippen molar-refractivity contribution >= 4 is 29.4 Å². The van der Waals surface area contributed by atoms with E-state index in [1.807, 2.05) is 78.9 Å². The molecule has 4 aromatic rings. The van der Waals surface area contributed by atoms with Crippen LogP contribution in [0.2, 0.25) is 0 Å². The summed E-state index contributed by atoms with van der Waals surface area (Å²) in [5.74, 6) is -2.46. The van der Waals surface area contributed by atoms with Crippen LogP contribution in [-0.4, -0.2) is 41.7 Å². The predicted octanol–water partition coefficient (Wildman–Crippen LogP) is 4.85. The molecule has 0 aromatic heterocycles. The second-order valence-corrected chi connectivity index (χ2v) is 10.7. The number of ether oxygens (including phenoxy) is 2.